The second kappa shape index (κ2) is 7.74. The van der Waals surface area contributed by atoms with Crippen molar-refractivity contribution in [2.24, 2.45) is 45.3 Å². The minimum Gasteiger partial charge on any atom is -0.481 e. The summed E-state index contributed by atoms with van der Waals surface area (Å²) in [7, 11) is 0. The first-order valence-electron chi connectivity index (χ1n) is 10.6. The lowest BCUT2D eigenvalue weighted by Gasteiger charge is -2.44. The van der Waals surface area contributed by atoms with Crippen LogP contribution in [0.4, 0.5) is 5.82 Å². The van der Waals surface area contributed by atoms with E-state index >= 15 is 0 Å². The highest BCUT2D eigenvalue weighted by Crippen LogP contribution is 2.64. The molecule has 10 heteroatoms. The van der Waals surface area contributed by atoms with Gasteiger partial charge in [-0.1, -0.05) is 11.6 Å². The number of nitrogens with zero attached hydrogens (tertiary/aromatic N) is 3. The van der Waals surface area contributed by atoms with Crippen LogP contribution in [-0.2, 0) is 4.79 Å². The lowest BCUT2D eigenvalue weighted by molar-refractivity contribution is -0.149. The Bertz CT molecular complexity index is 1140. The van der Waals surface area contributed by atoms with E-state index in [0.29, 0.717) is 22.6 Å². The Morgan fingerprint density at radius 1 is 1.28 bits per heavy atom. The van der Waals surface area contributed by atoms with Crippen molar-refractivity contribution < 1.29 is 9.90 Å². The van der Waals surface area contributed by atoms with E-state index in [4.69, 9.17) is 33.5 Å². The van der Waals surface area contributed by atoms with Crippen LogP contribution in [0.1, 0.15) is 30.5 Å². The molecule has 2 bridgehead atoms. The van der Waals surface area contributed by atoms with Crippen LogP contribution in [-0.4, -0.2) is 44.5 Å². The topological polar surface area (TPSA) is 167 Å². The number of hydrogen-bond acceptors (Lipinski definition) is 5. The van der Waals surface area contributed by atoms with Gasteiger partial charge in [-0.15, -0.1) is 0 Å². The molecule has 0 aromatic carbocycles. The maximum atomic E-state index is 12.2. The number of pyridine rings is 1. The molecule has 0 spiro atoms. The maximum Gasteiger partial charge on any atom is 0.308 e. The van der Waals surface area contributed by atoms with Gasteiger partial charge < -0.3 is 21.6 Å². The molecule has 4 aliphatic rings. The molecule has 32 heavy (non-hydrogen) atoms. The predicted molar refractivity (Wildman–Crippen MR) is 122 cm³/mol. The number of amidine groups is 2. The van der Waals surface area contributed by atoms with E-state index in [0.717, 1.165) is 19.3 Å². The fraction of sp³-hybridized carbons (Fsp3) is 0.409. The summed E-state index contributed by atoms with van der Waals surface area (Å²) in [6, 6.07) is 4.75. The summed E-state index contributed by atoms with van der Waals surface area (Å²) in [4.78, 5) is 28.5. The van der Waals surface area contributed by atoms with Gasteiger partial charge in [0.2, 0.25) is 0 Å². The second-order valence-corrected chi connectivity index (χ2v) is 9.25. The largest absolute Gasteiger partial charge is 0.481 e. The van der Waals surface area contributed by atoms with Crippen molar-refractivity contribution in [3.63, 3.8) is 0 Å². The number of hydrogen-bond donors (Lipinski definition) is 5. The van der Waals surface area contributed by atoms with E-state index < -0.39 is 11.9 Å². The molecule has 0 radical (unpaired) electrons. The Hall–Kier alpha value is -3.20. The van der Waals surface area contributed by atoms with Crippen molar-refractivity contribution in [1.82, 2.24) is 9.97 Å². The standard InChI is InChI=1S/C22H24ClN7O2/c23-9-6-14(19(25)28-8-9)17(24)20(26)30-21(15-2-1-5-27-15)29-18-11-4-3-10(12-7-13(11)12)16(18)22(31)32/h1-2,5-6,8,10-13,16,18,24,27H,3-4,7H2,(H2,25,28)(H,31,32)(H2,26,29,30)/t10-,11+,12-,13+,16-,18-/m0/s1. The number of nitrogens with two attached hydrogens (primary N) is 2. The van der Waals surface area contributed by atoms with Crippen LogP contribution in [0.5, 0.6) is 0 Å². The van der Waals surface area contributed by atoms with E-state index in [1.165, 1.54) is 12.3 Å². The summed E-state index contributed by atoms with van der Waals surface area (Å²) < 4.78 is 0. The van der Waals surface area contributed by atoms with E-state index in [2.05, 4.69) is 15.0 Å². The van der Waals surface area contributed by atoms with E-state index in [1.807, 2.05) is 0 Å². The number of aliphatic imine (C=N–C) groups is 2. The number of carboxylic acid groups (broad SMARTS) is 1. The van der Waals surface area contributed by atoms with Crippen LogP contribution in [0.25, 0.3) is 0 Å². The SMILES string of the molecule is N=C(C(N)=NC(=N[C@H]1[C@@H]2CC[C@@H]([C@@H]3C[C@@H]32)[C@@H]1C(=O)O)c1ccc[nH]1)c1cc(Cl)cnc1N. The number of H-pyrrole nitrogens is 1. The van der Waals surface area contributed by atoms with Gasteiger partial charge in [0.15, 0.2) is 11.7 Å². The van der Waals surface area contributed by atoms with Crippen LogP contribution in [0, 0.1) is 35.0 Å². The third-order valence-electron chi connectivity index (χ3n) is 7.12. The van der Waals surface area contributed by atoms with Crippen molar-refractivity contribution in [1.29, 1.82) is 5.41 Å². The molecule has 6 atom stereocenters. The minimum absolute atomic E-state index is 0.105. The first kappa shape index (κ1) is 20.7. The Labute approximate surface area is 189 Å². The summed E-state index contributed by atoms with van der Waals surface area (Å²) in [5.74, 6) is 0.454. The summed E-state index contributed by atoms with van der Waals surface area (Å²) in [5.41, 5.74) is 12.8. The zero-order valence-corrected chi connectivity index (χ0v) is 18.0. The number of anilines is 1. The van der Waals surface area contributed by atoms with Gasteiger partial charge in [0.05, 0.1) is 22.7 Å². The normalized spacial score (nSPS) is 31.3. The van der Waals surface area contributed by atoms with Crippen molar-refractivity contribution in [3.8, 4) is 0 Å². The molecule has 7 N–H and O–H groups in total. The summed E-state index contributed by atoms with van der Waals surface area (Å²) in [6.45, 7) is 0. The molecule has 0 aliphatic heterocycles. The Balaban J connectivity index is 1.53. The molecular formula is C22H24ClN7O2. The molecule has 4 fully saturated rings. The lowest BCUT2D eigenvalue weighted by atomic mass is 9.62. The number of fused-ring (bicyclic) bond motifs is 2. The summed E-state index contributed by atoms with van der Waals surface area (Å²) >= 11 is 6.00. The summed E-state index contributed by atoms with van der Waals surface area (Å²) in [6.07, 6.45) is 6.16. The van der Waals surface area contributed by atoms with Crippen molar-refractivity contribution in [3.05, 3.63) is 46.9 Å². The lowest BCUT2D eigenvalue weighted by Crippen LogP contribution is -2.48. The molecule has 0 unspecified atom stereocenters. The number of carbonyl (C=O) groups is 1. The number of nitrogens with one attached hydrogen (secondary N) is 2. The van der Waals surface area contributed by atoms with E-state index in [9.17, 15) is 9.90 Å². The van der Waals surface area contributed by atoms with Gasteiger partial charge in [0, 0.05) is 18.0 Å². The van der Waals surface area contributed by atoms with Gasteiger partial charge in [-0.25, -0.2) is 9.98 Å². The fourth-order valence-corrected chi connectivity index (χ4v) is 5.81. The van der Waals surface area contributed by atoms with Gasteiger partial charge in [0.1, 0.15) is 11.5 Å². The smallest absolute Gasteiger partial charge is 0.308 e. The number of halogens is 1. The van der Waals surface area contributed by atoms with Crippen molar-refractivity contribution in [2.75, 3.05) is 5.73 Å². The van der Waals surface area contributed by atoms with Crippen molar-refractivity contribution in [2.45, 2.75) is 25.3 Å². The molecule has 2 aromatic heterocycles. The first-order valence-corrected chi connectivity index (χ1v) is 11.0. The maximum absolute atomic E-state index is 12.2. The van der Waals surface area contributed by atoms with Gasteiger partial charge in [-0.3, -0.25) is 15.2 Å². The fourth-order valence-electron chi connectivity index (χ4n) is 5.66. The summed E-state index contributed by atoms with van der Waals surface area (Å²) in [5, 5.41) is 18.8. The first-order chi connectivity index (χ1) is 15.3. The Kier molecular flexibility index (Phi) is 5.00. The monoisotopic (exact) mass is 453 g/mol. The zero-order chi connectivity index (χ0) is 22.6. The average Bonchev–Trinajstić information content (AvgIpc) is 3.42. The van der Waals surface area contributed by atoms with E-state index in [1.54, 1.807) is 18.3 Å². The molecule has 6 rings (SSSR count). The molecule has 4 saturated carbocycles. The van der Waals surface area contributed by atoms with Crippen LogP contribution in [0.15, 0.2) is 40.6 Å². The van der Waals surface area contributed by atoms with Gasteiger partial charge in [-0.2, -0.15) is 0 Å². The number of aromatic nitrogens is 2. The second-order valence-electron chi connectivity index (χ2n) is 8.82. The Morgan fingerprint density at radius 3 is 2.75 bits per heavy atom. The molecular weight excluding hydrogens is 430 g/mol. The van der Waals surface area contributed by atoms with Crippen LogP contribution >= 0.6 is 11.6 Å². The predicted octanol–water partition coefficient (Wildman–Crippen LogP) is 2.56. The number of carboxylic acids is 1. The molecule has 2 aromatic rings. The molecule has 9 nitrogen and oxygen atoms in total. The number of nitrogen functional groups attached to an aromatic ring is 1. The minimum atomic E-state index is -0.799. The Morgan fingerprint density at radius 2 is 2.03 bits per heavy atom. The highest BCUT2D eigenvalue weighted by Gasteiger charge is 2.63. The molecule has 0 amide bonds. The van der Waals surface area contributed by atoms with E-state index in [-0.39, 0.29) is 46.6 Å². The van der Waals surface area contributed by atoms with Gasteiger partial charge >= 0.3 is 5.97 Å². The number of aliphatic carboxylic acids is 1. The molecule has 2 heterocycles. The highest BCUT2D eigenvalue weighted by atomic mass is 35.5. The highest BCUT2D eigenvalue weighted by molar-refractivity contribution is 6.48. The molecule has 166 valence electrons. The van der Waals surface area contributed by atoms with Crippen LogP contribution in [0.2, 0.25) is 5.02 Å². The number of aromatic amines is 1. The third kappa shape index (κ3) is 3.46. The van der Waals surface area contributed by atoms with Gasteiger partial charge in [-0.05, 0) is 61.1 Å². The molecule has 4 aliphatic carbocycles. The number of rotatable bonds is 5. The zero-order valence-electron chi connectivity index (χ0n) is 17.2. The third-order valence-corrected chi connectivity index (χ3v) is 7.33. The van der Waals surface area contributed by atoms with Crippen molar-refractivity contribution >= 4 is 40.8 Å². The quantitative estimate of drug-likeness (QED) is 0.346. The van der Waals surface area contributed by atoms with Gasteiger partial charge in [0.25, 0.3) is 0 Å². The molecule has 0 saturated heterocycles. The average molecular weight is 454 g/mol. The van der Waals surface area contributed by atoms with Crippen LogP contribution < -0.4 is 11.5 Å². The van der Waals surface area contributed by atoms with Crippen LogP contribution in [0.3, 0.4) is 0 Å².